The molecule has 8 nitrogen and oxygen atoms in total. The summed E-state index contributed by atoms with van der Waals surface area (Å²) >= 11 is 0. The number of anilines is 1. The van der Waals surface area contributed by atoms with E-state index in [1.54, 1.807) is 12.1 Å². The molecule has 172 valence electrons. The fourth-order valence-electron chi connectivity index (χ4n) is 3.93. The van der Waals surface area contributed by atoms with Gasteiger partial charge in [0, 0.05) is 37.1 Å². The van der Waals surface area contributed by atoms with Crippen LogP contribution in [0, 0.1) is 5.82 Å². The number of hydrogen-bond donors (Lipinski definition) is 0. The van der Waals surface area contributed by atoms with Crippen LogP contribution in [0.15, 0.2) is 46.2 Å². The summed E-state index contributed by atoms with van der Waals surface area (Å²) in [5.74, 6) is -1.40. The second-order valence-electron chi connectivity index (χ2n) is 7.78. The Labute approximate surface area is 186 Å². The smallest absolute Gasteiger partial charge is 0.258 e. The SMILES string of the molecule is CS(=O)(=O)c1ccc2c(c1)CCCN2C(=O)c1ccc(F)c(S(=O)(=O)N2CCOCC2)c1. The summed E-state index contributed by atoms with van der Waals surface area (Å²) < 4.78 is 70.4. The lowest BCUT2D eigenvalue weighted by Crippen LogP contribution is -2.41. The highest BCUT2D eigenvalue weighted by atomic mass is 32.2. The standard InChI is InChI=1S/C21H23FN2O6S2/c1-31(26,27)17-5-7-19-15(13-17)3-2-8-24(19)21(25)16-4-6-18(22)20(14-16)32(28,29)23-9-11-30-12-10-23/h4-7,13-14H,2-3,8-12H2,1H3. The highest BCUT2D eigenvalue weighted by Crippen LogP contribution is 2.31. The number of carbonyl (C=O) groups excluding carboxylic acids is 1. The number of sulfone groups is 1. The number of nitrogens with zero attached hydrogens (tertiary/aromatic N) is 2. The third-order valence-corrected chi connectivity index (χ3v) is 8.63. The summed E-state index contributed by atoms with van der Waals surface area (Å²) in [7, 11) is -7.51. The normalized spacial score (nSPS) is 17.8. The number of halogens is 1. The molecule has 0 unspecified atom stereocenters. The van der Waals surface area contributed by atoms with Crippen LogP contribution in [0.5, 0.6) is 0 Å². The van der Waals surface area contributed by atoms with Crippen molar-refractivity contribution in [3.8, 4) is 0 Å². The van der Waals surface area contributed by atoms with Gasteiger partial charge in [0.2, 0.25) is 10.0 Å². The zero-order valence-corrected chi connectivity index (χ0v) is 19.1. The number of carbonyl (C=O) groups is 1. The Morgan fingerprint density at radius 1 is 1.00 bits per heavy atom. The van der Waals surface area contributed by atoms with Crippen molar-refractivity contribution in [2.45, 2.75) is 22.6 Å². The first-order valence-corrected chi connectivity index (χ1v) is 13.4. The molecule has 1 amide bonds. The van der Waals surface area contributed by atoms with Crippen molar-refractivity contribution in [2.24, 2.45) is 0 Å². The molecule has 0 radical (unpaired) electrons. The third kappa shape index (κ3) is 4.29. The minimum atomic E-state index is -4.12. The summed E-state index contributed by atoms with van der Waals surface area (Å²) in [5, 5.41) is 0. The van der Waals surface area contributed by atoms with Gasteiger partial charge in [-0.3, -0.25) is 4.79 Å². The predicted octanol–water partition coefficient (Wildman–Crippen LogP) is 1.84. The Morgan fingerprint density at radius 2 is 1.72 bits per heavy atom. The van der Waals surface area contributed by atoms with Gasteiger partial charge in [-0.05, 0) is 54.8 Å². The fourth-order valence-corrected chi connectivity index (χ4v) is 6.10. The highest BCUT2D eigenvalue weighted by Gasteiger charge is 2.31. The average molecular weight is 483 g/mol. The molecular formula is C21H23FN2O6S2. The molecule has 0 aliphatic carbocycles. The van der Waals surface area contributed by atoms with Crippen LogP contribution in [-0.2, 0) is 31.0 Å². The molecule has 0 N–H and O–H groups in total. The lowest BCUT2D eigenvalue weighted by atomic mass is 10.0. The number of rotatable bonds is 4. The number of benzene rings is 2. The molecule has 2 heterocycles. The predicted molar refractivity (Wildman–Crippen MR) is 116 cm³/mol. The Bertz CT molecular complexity index is 1270. The van der Waals surface area contributed by atoms with E-state index in [2.05, 4.69) is 0 Å². The topological polar surface area (TPSA) is 101 Å². The summed E-state index contributed by atoms with van der Waals surface area (Å²) in [5.41, 5.74) is 1.32. The van der Waals surface area contributed by atoms with Crippen molar-refractivity contribution in [1.29, 1.82) is 0 Å². The summed E-state index contributed by atoms with van der Waals surface area (Å²) in [4.78, 5) is 14.4. The van der Waals surface area contributed by atoms with Crippen molar-refractivity contribution in [3.05, 3.63) is 53.3 Å². The Kier molecular flexibility index (Phi) is 6.10. The van der Waals surface area contributed by atoms with Crippen LogP contribution in [0.3, 0.4) is 0 Å². The molecule has 2 aliphatic rings. The van der Waals surface area contributed by atoms with Gasteiger partial charge in [-0.25, -0.2) is 21.2 Å². The first kappa shape index (κ1) is 22.8. The lowest BCUT2D eigenvalue weighted by molar-refractivity contribution is 0.0729. The molecule has 0 saturated carbocycles. The van der Waals surface area contributed by atoms with Gasteiger partial charge in [0.15, 0.2) is 9.84 Å². The molecule has 0 atom stereocenters. The highest BCUT2D eigenvalue weighted by molar-refractivity contribution is 7.90. The van der Waals surface area contributed by atoms with E-state index in [-0.39, 0.29) is 36.8 Å². The molecule has 2 aromatic rings. The monoisotopic (exact) mass is 482 g/mol. The molecule has 32 heavy (non-hydrogen) atoms. The third-order valence-electron chi connectivity index (χ3n) is 5.61. The van der Waals surface area contributed by atoms with E-state index in [0.29, 0.717) is 25.1 Å². The summed E-state index contributed by atoms with van der Waals surface area (Å²) in [6, 6.07) is 7.90. The first-order chi connectivity index (χ1) is 15.1. The minimum Gasteiger partial charge on any atom is -0.379 e. The van der Waals surface area contributed by atoms with E-state index in [9.17, 15) is 26.0 Å². The van der Waals surface area contributed by atoms with Gasteiger partial charge in [-0.1, -0.05) is 0 Å². The maximum atomic E-state index is 14.5. The minimum absolute atomic E-state index is 0.0401. The van der Waals surface area contributed by atoms with Crippen molar-refractivity contribution >= 4 is 31.5 Å². The quantitative estimate of drug-likeness (QED) is 0.659. The lowest BCUT2D eigenvalue weighted by Gasteiger charge is -2.30. The number of morpholine rings is 1. The Morgan fingerprint density at radius 3 is 2.41 bits per heavy atom. The van der Waals surface area contributed by atoms with Gasteiger partial charge < -0.3 is 9.64 Å². The van der Waals surface area contributed by atoms with Crippen LogP contribution in [0.25, 0.3) is 0 Å². The van der Waals surface area contributed by atoms with Crippen LogP contribution in [0.2, 0.25) is 0 Å². The van der Waals surface area contributed by atoms with E-state index in [0.717, 1.165) is 28.3 Å². The van der Waals surface area contributed by atoms with Crippen LogP contribution in [0.1, 0.15) is 22.3 Å². The van der Waals surface area contributed by atoms with Gasteiger partial charge in [-0.15, -0.1) is 0 Å². The largest absolute Gasteiger partial charge is 0.379 e. The maximum Gasteiger partial charge on any atom is 0.258 e. The van der Waals surface area contributed by atoms with Crippen molar-refractivity contribution in [1.82, 2.24) is 4.31 Å². The average Bonchev–Trinajstić information content (AvgIpc) is 2.78. The second-order valence-corrected chi connectivity index (χ2v) is 11.7. The molecule has 0 spiro atoms. The van der Waals surface area contributed by atoms with Gasteiger partial charge in [0.05, 0.1) is 18.1 Å². The fraction of sp³-hybridized carbons (Fsp3) is 0.381. The van der Waals surface area contributed by atoms with Crippen molar-refractivity contribution < 1.29 is 30.8 Å². The molecule has 11 heteroatoms. The van der Waals surface area contributed by atoms with Crippen LogP contribution < -0.4 is 4.90 Å². The molecule has 0 aromatic heterocycles. The molecule has 0 bridgehead atoms. The number of fused-ring (bicyclic) bond motifs is 1. The van der Waals surface area contributed by atoms with Crippen molar-refractivity contribution in [3.63, 3.8) is 0 Å². The Balaban J connectivity index is 1.69. The molecular weight excluding hydrogens is 459 g/mol. The zero-order valence-electron chi connectivity index (χ0n) is 17.5. The number of sulfonamides is 1. The van der Waals surface area contributed by atoms with Crippen molar-refractivity contribution in [2.75, 3.05) is 44.0 Å². The molecule has 4 rings (SSSR count). The molecule has 2 aromatic carbocycles. The van der Waals surface area contributed by atoms with Gasteiger partial charge in [-0.2, -0.15) is 4.31 Å². The van der Waals surface area contributed by atoms with Crippen LogP contribution in [0.4, 0.5) is 10.1 Å². The van der Waals surface area contributed by atoms with Crippen LogP contribution >= 0.6 is 0 Å². The van der Waals surface area contributed by atoms with E-state index in [1.807, 2.05) is 0 Å². The van der Waals surface area contributed by atoms with Gasteiger partial charge >= 0.3 is 0 Å². The first-order valence-electron chi connectivity index (χ1n) is 10.1. The van der Waals surface area contributed by atoms with Gasteiger partial charge in [0.25, 0.3) is 5.91 Å². The molecule has 1 saturated heterocycles. The summed E-state index contributed by atoms with van der Waals surface area (Å²) in [6.07, 6.45) is 2.35. The molecule has 1 fully saturated rings. The number of amides is 1. The maximum absolute atomic E-state index is 14.5. The van der Waals surface area contributed by atoms with Crippen LogP contribution in [-0.4, -0.2) is 66.2 Å². The van der Waals surface area contributed by atoms with E-state index in [4.69, 9.17) is 4.74 Å². The number of ether oxygens (including phenoxy) is 1. The van der Waals surface area contributed by atoms with E-state index >= 15 is 0 Å². The zero-order chi connectivity index (χ0) is 23.1. The number of hydrogen-bond acceptors (Lipinski definition) is 6. The van der Waals surface area contributed by atoms with Gasteiger partial charge in [0.1, 0.15) is 10.7 Å². The van der Waals surface area contributed by atoms with E-state index < -0.39 is 36.5 Å². The second kappa shape index (κ2) is 8.54. The molecule has 2 aliphatic heterocycles. The van der Waals surface area contributed by atoms with E-state index in [1.165, 1.54) is 17.0 Å². The Hall–Kier alpha value is -2.34. The summed E-state index contributed by atoms with van der Waals surface area (Å²) in [6.45, 7) is 1.05. The number of aryl methyl sites for hydroxylation is 1.